The van der Waals surface area contributed by atoms with Crippen LogP contribution >= 0.6 is 11.3 Å². The van der Waals surface area contributed by atoms with Crippen molar-refractivity contribution in [2.45, 2.75) is 13.0 Å². The van der Waals surface area contributed by atoms with E-state index in [0.717, 1.165) is 22.0 Å². The van der Waals surface area contributed by atoms with Gasteiger partial charge in [-0.25, -0.2) is 4.98 Å². The summed E-state index contributed by atoms with van der Waals surface area (Å²) in [5.41, 5.74) is 2.29. The van der Waals surface area contributed by atoms with Crippen molar-refractivity contribution in [3.63, 3.8) is 0 Å². The Kier molecular flexibility index (Phi) is 4.77. The van der Waals surface area contributed by atoms with Crippen LogP contribution in [0, 0.1) is 0 Å². The minimum Gasteiger partial charge on any atom is -0.354 e. The fourth-order valence-corrected chi connectivity index (χ4v) is 4.11. The van der Waals surface area contributed by atoms with E-state index in [-0.39, 0.29) is 11.8 Å². The molecule has 27 heavy (non-hydrogen) atoms. The van der Waals surface area contributed by atoms with Gasteiger partial charge >= 0.3 is 0 Å². The predicted molar refractivity (Wildman–Crippen MR) is 105 cm³/mol. The summed E-state index contributed by atoms with van der Waals surface area (Å²) in [7, 11) is 1.61. The molecule has 3 heterocycles. The molecular formula is C20H20N4O2S. The van der Waals surface area contributed by atoms with Gasteiger partial charge in [0, 0.05) is 38.7 Å². The molecule has 0 saturated heterocycles. The minimum atomic E-state index is -0.195. The summed E-state index contributed by atoms with van der Waals surface area (Å²) in [5, 5.41) is 4.59. The van der Waals surface area contributed by atoms with Gasteiger partial charge in [-0.05, 0) is 11.4 Å². The highest BCUT2D eigenvalue weighted by Crippen LogP contribution is 2.25. The van der Waals surface area contributed by atoms with Crippen molar-refractivity contribution in [3.05, 3.63) is 64.1 Å². The van der Waals surface area contributed by atoms with Crippen LogP contribution in [0.2, 0.25) is 0 Å². The molecular weight excluding hydrogens is 360 g/mol. The van der Waals surface area contributed by atoms with Crippen LogP contribution < -0.4 is 5.32 Å². The van der Waals surface area contributed by atoms with Crippen molar-refractivity contribution >= 4 is 23.2 Å². The lowest BCUT2D eigenvalue weighted by Crippen LogP contribution is -2.33. The maximum Gasteiger partial charge on any atom is 0.271 e. The van der Waals surface area contributed by atoms with Gasteiger partial charge in [-0.3, -0.25) is 9.59 Å². The number of carbonyl (C=O) groups is 2. The van der Waals surface area contributed by atoms with E-state index in [2.05, 4.69) is 14.9 Å². The summed E-state index contributed by atoms with van der Waals surface area (Å²) >= 11 is 1.45. The molecule has 3 aromatic rings. The second kappa shape index (κ2) is 7.36. The number of nitrogens with zero attached hydrogens (tertiary/aromatic N) is 3. The number of hydrogen-bond donors (Lipinski definition) is 1. The lowest BCUT2D eigenvalue weighted by molar-refractivity contribution is 0.0764. The van der Waals surface area contributed by atoms with Gasteiger partial charge in [0.2, 0.25) is 0 Å². The molecule has 0 fully saturated rings. The molecule has 0 unspecified atom stereocenters. The number of thiophene rings is 1. The number of imidazole rings is 1. The number of nitrogens with one attached hydrogen (secondary N) is 1. The Balaban J connectivity index is 1.70. The summed E-state index contributed by atoms with van der Waals surface area (Å²) in [5.74, 6) is 0.625. The number of aromatic nitrogens is 2. The monoisotopic (exact) mass is 380 g/mol. The topological polar surface area (TPSA) is 67.2 Å². The van der Waals surface area contributed by atoms with Crippen molar-refractivity contribution in [3.8, 4) is 11.4 Å². The maximum absolute atomic E-state index is 12.7. The second-order valence-corrected chi connectivity index (χ2v) is 7.29. The van der Waals surface area contributed by atoms with Gasteiger partial charge in [0.15, 0.2) is 0 Å². The summed E-state index contributed by atoms with van der Waals surface area (Å²) in [6.45, 7) is 1.77. The van der Waals surface area contributed by atoms with Crippen molar-refractivity contribution in [1.82, 2.24) is 19.8 Å². The molecule has 0 aliphatic carbocycles. The minimum absolute atomic E-state index is 0.0477. The number of fused-ring (bicyclic) bond motifs is 1. The first-order chi connectivity index (χ1) is 13.2. The summed E-state index contributed by atoms with van der Waals surface area (Å²) in [6.07, 6.45) is 0.597. The fraction of sp³-hybridized carbons (Fsp3) is 0.250. The van der Waals surface area contributed by atoms with E-state index in [0.29, 0.717) is 31.7 Å². The fourth-order valence-electron chi connectivity index (χ4n) is 3.42. The molecule has 0 spiro atoms. The molecule has 138 valence electrons. The van der Waals surface area contributed by atoms with Crippen LogP contribution in [0.15, 0.2) is 47.8 Å². The third-order valence-corrected chi connectivity index (χ3v) is 5.64. The molecule has 2 aromatic heterocycles. The largest absolute Gasteiger partial charge is 0.354 e. The average molecular weight is 380 g/mol. The molecule has 2 amide bonds. The van der Waals surface area contributed by atoms with Gasteiger partial charge in [0.1, 0.15) is 11.5 Å². The molecule has 1 aromatic carbocycles. The zero-order valence-electron chi connectivity index (χ0n) is 15.0. The van der Waals surface area contributed by atoms with E-state index in [1.807, 2.05) is 52.7 Å². The highest BCUT2D eigenvalue weighted by molar-refractivity contribution is 7.12. The lowest BCUT2D eigenvalue weighted by atomic mass is 10.2. The first-order valence-electron chi connectivity index (χ1n) is 8.88. The molecule has 0 bridgehead atoms. The molecule has 4 rings (SSSR count). The van der Waals surface area contributed by atoms with E-state index < -0.39 is 0 Å². The van der Waals surface area contributed by atoms with E-state index >= 15 is 0 Å². The lowest BCUT2D eigenvalue weighted by Gasteiger charge is -2.19. The van der Waals surface area contributed by atoms with Crippen molar-refractivity contribution in [2.24, 2.45) is 0 Å². The van der Waals surface area contributed by atoms with Crippen LogP contribution in [0.3, 0.4) is 0 Å². The second-order valence-electron chi connectivity index (χ2n) is 6.35. The predicted octanol–water partition coefficient (Wildman–Crippen LogP) is 2.67. The summed E-state index contributed by atoms with van der Waals surface area (Å²) in [6, 6.07) is 13.6. The van der Waals surface area contributed by atoms with Gasteiger partial charge in [-0.1, -0.05) is 36.4 Å². The SMILES string of the molecule is CNC(=O)c1nc(-c2ccccc2)n2c1CCN(C(=O)c1cccs1)CC2. The van der Waals surface area contributed by atoms with Crippen LogP contribution in [-0.2, 0) is 13.0 Å². The third kappa shape index (κ3) is 3.26. The Morgan fingerprint density at radius 1 is 1.07 bits per heavy atom. The van der Waals surface area contributed by atoms with E-state index in [1.54, 1.807) is 7.05 Å². The van der Waals surface area contributed by atoms with Gasteiger partial charge in [-0.15, -0.1) is 11.3 Å². The Labute approximate surface area is 161 Å². The zero-order valence-corrected chi connectivity index (χ0v) is 15.8. The number of benzene rings is 1. The highest BCUT2D eigenvalue weighted by atomic mass is 32.1. The highest BCUT2D eigenvalue weighted by Gasteiger charge is 2.27. The Hall–Kier alpha value is -2.93. The zero-order chi connectivity index (χ0) is 18.8. The summed E-state index contributed by atoms with van der Waals surface area (Å²) in [4.78, 5) is 32.4. The Morgan fingerprint density at radius 2 is 1.89 bits per heavy atom. The smallest absolute Gasteiger partial charge is 0.271 e. The van der Waals surface area contributed by atoms with Crippen molar-refractivity contribution < 1.29 is 9.59 Å². The molecule has 0 saturated carbocycles. The number of hydrogen-bond acceptors (Lipinski definition) is 4. The third-order valence-electron chi connectivity index (χ3n) is 4.78. The van der Waals surface area contributed by atoms with Gasteiger partial charge in [0.25, 0.3) is 11.8 Å². The van der Waals surface area contributed by atoms with Crippen LogP contribution in [0.25, 0.3) is 11.4 Å². The quantitative estimate of drug-likeness (QED) is 0.760. The molecule has 6 nitrogen and oxygen atoms in total. The van der Waals surface area contributed by atoms with Gasteiger partial charge < -0.3 is 14.8 Å². The van der Waals surface area contributed by atoms with Crippen molar-refractivity contribution in [2.75, 3.05) is 20.1 Å². The van der Waals surface area contributed by atoms with Crippen LogP contribution in [0.4, 0.5) is 0 Å². The molecule has 1 aliphatic heterocycles. The van der Waals surface area contributed by atoms with Gasteiger partial charge in [-0.2, -0.15) is 0 Å². The maximum atomic E-state index is 12.7. The van der Waals surface area contributed by atoms with E-state index in [4.69, 9.17) is 0 Å². The Bertz CT molecular complexity index is 964. The molecule has 0 atom stereocenters. The first kappa shape index (κ1) is 17.5. The summed E-state index contributed by atoms with van der Waals surface area (Å²) < 4.78 is 2.08. The number of carbonyl (C=O) groups excluding carboxylic acids is 2. The van der Waals surface area contributed by atoms with E-state index in [9.17, 15) is 9.59 Å². The molecule has 1 N–H and O–H groups in total. The standard InChI is InChI=1S/C20H20N4O2S/c1-21-19(25)17-15-9-10-23(20(26)16-8-5-13-27-16)11-12-24(15)18(22-17)14-6-3-2-4-7-14/h2-8,13H,9-12H2,1H3,(H,21,25). The first-order valence-corrected chi connectivity index (χ1v) is 9.76. The van der Waals surface area contributed by atoms with Crippen molar-refractivity contribution in [1.29, 1.82) is 0 Å². The van der Waals surface area contributed by atoms with Crippen LogP contribution in [-0.4, -0.2) is 46.4 Å². The Morgan fingerprint density at radius 3 is 2.59 bits per heavy atom. The van der Waals surface area contributed by atoms with E-state index in [1.165, 1.54) is 11.3 Å². The average Bonchev–Trinajstić information content (AvgIpc) is 3.31. The normalized spacial score (nSPS) is 13.7. The van der Waals surface area contributed by atoms with Crippen LogP contribution in [0.1, 0.15) is 25.9 Å². The number of amides is 2. The molecule has 1 aliphatic rings. The molecule has 0 radical (unpaired) electrons. The van der Waals surface area contributed by atoms with Gasteiger partial charge in [0.05, 0.1) is 10.6 Å². The molecule has 7 heteroatoms. The number of rotatable bonds is 3. The van der Waals surface area contributed by atoms with Crippen LogP contribution in [0.5, 0.6) is 0 Å².